The number of carbonyl (C=O) groups excluding carboxylic acids is 4. The number of nitrogens with one attached hydrogen (secondary N) is 2. The van der Waals surface area contributed by atoms with E-state index >= 15 is 0 Å². The van der Waals surface area contributed by atoms with E-state index in [1.165, 1.54) is 11.3 Å². The second-order valence-corrected chi connectivity index (χ2v) is 8.22. The summed E-state index contributed by atoms with van der Waals surface area (Å²) >= 11 is 1.32. The third-order valence-corrected chi connectivity index (χ3v) is 6.15. The van der Waals surface area contributed by atoms with Gasteiger partial charge in [-0.25, -0.2) is 0 Å². The Morgan fingerprint density at radius 2 is 1.90 bits per heavy atom. The predicted molar refractivity (Wildman–Crippen MR) is 113 cm³/mol. The van der Waals surface area contributed by atoms with Crippen LogP contribution in [0.4, 0.5) is 5.00 Å². The third-order valence-electron chi connectivity index (χ3n) is 4.95. The fourth-order valence-corrected chi connectivity index (χ4v) is 4.56. The van der Waals surface area contributed by atoms with Gasteiger partial charge in [-0.3, -0.25) is 19.2 Å². The monoisotopic (exact) mass is 429 g/mol. The summed E-state index contributed by atoms with van der Waals surface area (Å²) in [5, 5.41) is 5.44. The maximum Gasteiger partial charge on any atom is 0.325 e. The van der Waals surface area contributed by atoms with Gasteiger partial charge in [-0.2, -0.15) is 0 Å². The molecular weight excluding hydrogens is 406 g/mol. The standard InChI is InChI=1S/C21H23N3O5S/c1-11-6-7-13(8-12(11)2)20(28)23-9-17(26)29-10-16(25)24-21-18(19(22)27)14-4-3-5-15(14)30-21/h6-8H,3-5,9-10H2,1-2H3,(H2,22,27)(H,23,28)(H,24,25). The van der Waals surface area contributed by atoms with Gasteiger partial charge in [0.15, 0.2) is 6.61 Å². The smallest absolute Gasteiger partial charge is 0.325 e. The van der Waals surface area contributed by atoms with Crippen molar-refractivity contribution in [3.8, 4) is 0 Å². The van der Waals surface area contributed by atoms with Crippen molar-refractivity contribution in [2.24, 2.45) is 5.73 Å². The average molecular weight is 429 g/mol. The predicted octanol–water partition coefficient (Wildman–Crippen LogP) is 1.86. The quantitative estimate of drug-likeness (QED) is 0.579. The van der Waals surface area contributed by atoms with Crippen LogP contribution in [0, 0.1) is 13.8 Å². The molecule has 0 radical (unpaired) electrons. The van der Waals surface area contributed by atoms with Crippen molar-refractivity contribution in [1.29, 1.82) is 0 Å². The van der Waals surface area contributed by atoms with Crippen molar-refractivity contribution >= 4 is 40.0 Å². The van der Waals surface area contributed by atoms with E-state index < -0.39 is 30.3 Å². The number of anilines is 1. The molecular formula is C21H23N3O5S. The molecule has 0 spiro atoms. The number of hydrogen-bond donors (Lipinski definition) is 3. The maximum atomic E-state index is 12.1. The first-order valence-electron chi connectivity index (χ1n) is 9.51. The molecule has 0 aliphatic heterocycles. The lowest BCUT2D eigenvalue weighted by Gasteiger charge is -2.09. The van der Waals surface area contributed by atoms with Crippen molar-refractivity contribution in [3.63, 3.8) is 0 Å². The number of amides is 3. The molecule has 0 saturated carbocycles. The molecule has 158 valence electrons. The van der Waals surface area contributed by atoms with Gasteiger partial charge >= 0.3 is 5.97 Å². The van der Waals surface area contributed by atoms with Gasteiger partial charge in [0, 0.05) is 10.4 Å². The Morgan fingerprint density at radius 3 is 2.60 bits per heavy atom. The molecule has 3 amide bonds. The zero-order valence-electron chi connectivity index (χ0n) is 16.8. The highest BCUT2D eigenvalue weighted by Crippen LogP contribution is 2.38. The molecule has 0 fully saturated rings. The molecule has 1 aliphatic carbocycles. The summed E-state index contributed by atoms with van der Waals surface area (Å²) in [6, 6.07) is 5.23. The van der Waals surface area contributed by atoms with Crippen LogP contribution in [0.15, 0.2) is 18.2 Å². The van der Waals surface area contributed by atoms with Gasteiger partial charge in [0.2, 0.25) is 0 Å². The van der Waals surface area contributed by atoms with E-state index in [2.05, 4.69) is 10.6 Å². The van der Waals surface area contributed by atoms with Crippen LogP contribution in [0.3, 0.4) is 0 Å². The van der Waals surface area contributed by atoms with Crippen LogP contribution in [0.2, 0.25) is 0 Å². The first-order chi connectivity index (χ1) is 14.3. The van der Waals surface area contributed by atoms with Crippen molar-refractivity contribution in [3.05, 3.63) is 50.9 Å². The first-order valence-corrected chi connectivity index (χ1v) is 10.3. The number of hydrogen-bond acceptors (Lipinski definition) is 6. The molecule has 1 heterocycles. The highest BCUT2D eigenvalue weighted by atomic mass is 32.1. The molecule has 9 heteroatoms. The molecule has 1 aromatic heterocycles. The van der Waals surface area contributed by atoms with Crippen LogP contribution in [0.5, 0.6) is 0 Å². The van der Waals surface area contributed by atoms with Gasteiger partial charge in [0.1, 0.15) is 11.5 Å². The fraction of sp³-hybridized carbons (Fsp3) is 0.333. The molecule has 0 saturated heterocycles. The molecule has 1 aromatic carbocycles. The van der Waals surface area contributed by atoms with Crippen molar-refractivity contribution < 1.29 is 23.9 Å². The highest BCUT2D eigenvalue weighted by molar-refractivity contribution is 7.17. The molecule has 30 heavy (non-hydrogen) atoms. The van der Waals surface area contributed by atoms with Crippen LogP contribution in [0.1, 0.15) is 48.7 Å². The van der Waals surface area contributed by atoms with Crippen LogP contribution in [0.25, 0.3) is 0 Å². The Labute approximate surface area is 177 Å². The minimum absolute atomic E-state index is 0.341. The van der Waals surface area contributed by atoms with E-state index in [0.29, 0.717) is 16.1 Å². The van der Waals surface area contributed by atoms with Crippen LogP contribution in [-0.2, 0) is 27.2 Å². The topological polar surface area (TPSA) is 128 Å². The molecule has 3 rings (SSSR count). The second-order valence-electron chi connectivity index (χ2n) is 7.12. The van der Waals surface area contributed by atoms with Gasteiger partial charge in [-0.15, -0.1) is 11.3 Å². The zero-order chi connectivity index (χ0) is 21.8. The highest BCUT2D eigenvalue weighted by Gasteiger charge is 2.26. The Kier molecular flexibility index (Phi) is 6.51. The van der Waals surface area contributed by atoms with Crippen LogP contribution in [-0.4, -0.2) is 36.8 Å². The van der Waals surface area contributed by atoms with Gasteiger partial charge in [-0.1, -0.05) is 6.07 Å². The van der Waals surface area contributed by atoms with E-state index in [9.17, 15) is 19.2 Å². The number of carbonyl (C=O) groups is 4. The number of esters is 1. The summed E-state index contributed by atoms with van der Waals surface area (Å²) in [7, 11) is 0. The first kappa shape index (κ1) is 21.5. The lowest BCUT2D eigenvalue weighted by Crippen LogP contribution is -2.32. The number of nitrogens with two attached hydrogens (primary N) is 1. The Bertz CT molecular complexity index is 1030. The Balaban J connectivity index is 1.48. The van der Waals surface area contributed by atoms with Gasteiger partial charge in [-0.05, 0) is 61.9 Å². The van der Waals surface area contributed by atoms with Gasteiger partial charge in [0.25, 0.3) is 17.7 Å². The summed E-state index contributed by atoms with van der Waals surface area (Å²) in [6.07, 6.45) is 2.57. The lowest BCUT2D eigenvalue weighted by molar-refractivity contribution is -0.146. The summed E-state index contributed by atoms with van der Waals surface area (Å²) in [4.78, 5) is 48.9. The minimum Gasteiger partial charge on any atom is -0.454 e. The van der Waals surface area contributed by atoms with E-state index in [-0.39, 0.29) is 6.54 Å². The van der Waals surface area contributed by atoms with Crippen molar-refractivity contribution in [2.75, 3.05) is 18.5 Å². The fourth-order valence-electron chi connectivity index (χ4n) is 3.25. The number of thiophene rings is 1. The number of fused-ring (bicyclic) bond motifs is 1. The van der Waals surface area contributed by atoms with Crippen LogP contribution < -0.4 is 16.4 Å². The number of ether oxygens (including phenoxy) is 1. The number of aryl methyl sites for hydroxylation is 3. The zero-order valence-corrected chi connectivity index (χ0v) is 17.6. The summed E-state index contributed by atoms with van der Waals surface area (Å²) in [6.45, 7) is 2.94. The van der Waals surface area contributed by atoms with Crippen molar-refractivity contribution in [1.82, 2.24) is 5.32 Å². The van der Waals surface area contributed by atoms with Crippen LogP contribution >= 0.6 is 11.3 Å². The molecule has 2 aromatic rings. The molecule has 0 bridgehead atoms. The minimum atomic E-state index is -0.744. The average Bonchev–Trinajstić information content (AvgIpc) is 3.26. The third kappa shape index (κ3) is 4.85. The van der Waals surface area contributed by atoms with Crippen molar-refractivity contribution in [2.45, 2.75) is 33.1 Å². The van der Waals surface area contributed by atoms with Gasteiger partial charge < -0.3 is 21.1 Å². The number of benzene rings is 1. The Morgan fingerprint density at radius 1 is 1.13 bits per heavy atom. The molecule has 0 atom stereocenters. The maximum absolute atomic E-state index is 12.1. The Hall–Kier alpha value is -3.20. The summed E-state index contributed by atoms with van der Waals surface area (Å²) in [5.74, 6) is -2.31. The normalized spacial score (nSPS) is 12.2. The van der Waals surface area contributed by atoms with Gasteiger partial charge in [0.05, 0.1) is 5.56 Å². The van der Waals surface area contributed by atoms with E-state index in [1.807, 2.05) is 19.9 Å². The molecule has 8 nitrogen and oxygen atoms in total. The summed E-state index contributed by atoms with van der Waals surface area (Å²) in [5.41, 5.74) is 9.16. The van der Waals surface area contributed by atoms with E-state index in [1.54, 1.807) is 12.1 Å². The number of rotatable bonds is 7. The second kappa shape index (κ2) is 9.08. The largest absolute Gasteiger partial charge is 0.454 e. The number of primary amides is 1. The van der Waals surface area contributed by atoms with E-state index in [4.69, 9.17) is 10.5 Å². The molecule has 4 N–H and O–H groups in total. The molecule has 0 unspecified atom stereocenters. The molecule has 1 aliphatic rings. The van der Waals surface area contributed by atoms with E-state index in [0.717, 1.165) is 40.8 Å². The SMILES string of the molecule is Cc1ccc(C(=O)NCC(=O)OCC(=O)Nc2sc3c(c2C(N)=O)CCC3)cc1C. The summed E-state index contributed by atoms with van der Waals surface area (Å²) < 4.78 is 4.91. The lowest BCUT2D eigenvalue weighted by atomic mass is 10.1.